The van der Waals surface area contributed by atoms with E-state index in [2.05, 4.69) is 36.4 Å². The first-order valence-electron chi connectivity index (χ1n) is 8.15. The quantitative estimate of drug-likeness (QED) is 0.584. The van der Waals surface area contributed by atoms with Crippen LogP contribution < -0.4 is 0 Å². The molecule has 0 aromatic heterocycles. The summed E-state index contributed by atoms with van der Waals surface area (Å²) < 4.78 is 12.0. The number of hydrogen-bond donors (Lipinski definition) is 0. The summed E-state index contributed by atoms with van der Waals surface area (Å²) in [5, 5.41) is 0. The van der Waals surface area contributed by atoms with Crippen LogP contribution in [0, 0.1) is 6.07 Å². The Hall–Kier alpha value is -2.42. The van der Waals surface area contributed by atoms with Gasteiger partial charge in [0.15, 0.2) is 0 Å². The first-order chi connectivity index (χ1) is 11.9. The molecule has 0 saturated carbocycles. The van der Waals surface area contributed by atoms with E-state index in [4.69, 9.17) is 9.47 Å². The van der Waals surface area contributed by atoms with Gasteiger partial charge in [0.2, 0.25) is 0 Å². The maximum absolute atomic E-state index is 6.11. The molecule has 0 aliphatic carbocycles. The summed E-state index contributed by atoms with van der Waals surface area (Å²) in [6.07, 6.45) is -0.105. The van der Waals surface area contributed by atoms with Crippen LogP contribution in [0.25, 0.3) is 0 Å². The fraction of sp³-hybridized carbons (Fsp3) is 0.182. The van der Waals surface area contributed by atoms with E-state index in [9.17, 15) is 0 Å². The summed E-state index contributed by atoms with van der Waals surface area (Å²) in [5.41, 5.74) is 3.41. The minimum absolute atomic E-state index is 0.105. The topological polar surface area (TPSA) is 18.5 Å². The van der Waals surface area contributed by atoms with E-state index in [0.29, 0.717) is 19.8 Å². The van der Waals surface area contributed by atoms with E-state index in [1.54, 1.807) is 0 Å². The van der Waals surface area contributed by atoms with Gasteiger partial charge in [-0.25, -0.2) is 0 Å². The van der Waals surface area contributed by atoms with Crippen LogP contribution in [0.1, 0.15) is 22.8 Å². The molecule has 1 atom stereocenters. The fourth-order valence-electron chi connectivity index (χ4n) is 2.48. The summed E-state index contributed by atoms with van der Waals surface area (Å²) in [6.45, 7) is 1.66. The molecule has 0 aliphatic rings. The van der Waals surface area contributed by atoms with Crippen LogP contribution in [0.3, 0.4) is 0 Å². The summed E-state index contributed by atoms with van der Waals surface area (Å²) in [4.78, 5) is 0. The zero-order valence-electron chi connectivity index (χ0n) is 13.6. The Kier molecular flexibility index (Phi) is 6.18. The summed E-state index contributed by atoms with van der Waals surface area (Å²) in [7, 11) is 0. The van der Waals surface area contributed by atoms with Gasteiger partial charge in [-0.15, -0.1) is 0 Å². The second-order valence-electron chi connectivity index (χ2n) is 5.62. The molecule has 2 nitrogen and oxygen atoms in total. The Morgan fingerprint density at radius 2 is 1.42 bits per heavy atom. The molecule has 121 valence electrons. The van der Waals surface area contributed by atoms with Crippen LogP contribution in [0.4, 0.5) is 0 Å². The monoisotopic (exact) mass is 317 g/mol. The first-order valence-corrected chi connectivity index (χ1v) is 8.15. The number of rotatable bonds is 8. The Morgan fingerprint density at radius 1 is 0.750 bits per heavy atom. The normalized spacial score (nSPS) is 12.0. The summed E-state index contributed by atoms with van der Waals surface area (Å²) in [6, 6.07) is 31.4. The molecule has 1 unspecified atom stereocenters. The van der Waals surface area contributed by atoms with Crippen molar-refractivity contribution in [1.82, 2.24) is 0 Å². The van der Waals surface area contributed by atoms with Gasteiger partial charge in [-0.3, -0.25) is 0 Å². The van der Waals surface area contributed by atoms with Crippen LogP contribution in [0.15, 0.2) is 84.9 Å². The van der Waals surface area contributed by atoms with Gasteiger partial charge in [0, 0.05) is 0 Å². The number of ether oxygens (including phenoxy) is 2. The maximum atomic E-state index is 6.11. The molecule has 3 aromatic rings. The Balaban J connectivity index is 1.59. The zero-order valence-corrected chi connectivity index (χ0v) is 13.6. The van der Waals surface area contributed by atoms with Crippen molar-refractivity contribution in [3.63, 3.8) is 0 Å². The van der Waals surface area contributed by atoms with Gasteiger partial charge in [0.25, 0.3) is 0 Å². The van der Waals surface area contributed by atoms with E-state index >= 15 is 0 Å². The SMILES string of the molecule is [c]1cccc(C(COCc2ccccc2)OCc2ccccc2)c1. The zero-order chi connectivity index (χ0) is 16.5. The molecule has 3 rings (SSSR count). The lowest BCUT2D eigenvalue weighted by Crippen LogP contribution is -2.12. The van der Waals surface area contributed by atoms with Crippen molar-refractivity contribution in [3.8, 4) is 0 Å². The summed E-state index contributed by atoms with van der Waals surface area (Å²) >= 11 is 0. The molecule has 0 N–H and O–H groups in total. The highest BCUT2D eigenvalue weighted by Crippen LogP contribution is 2.20. The maximum Gasteiger partial charge on any atom is 0.106 e. The summed E-state index contributed by atoms with van der Waals surface area (Å²) in [5.74, 6) is 0. The fourth-order valence-corrected chi connectivity index (χ4v) is 2.48. The minimum Gasteiger partial charge on any atom is -0.374 e. The Labute approximate surface area is 143 Å². The minimum atomic E-state index is -0.105. The smallest absolute Gasteiger partial charge is 0.106 e. The largest absolute Gasteiger partial charge is 0.374 e. The van der Waals surface area contributed by atoms with Gasteiger partial charge >= 0.3 is 0 Å². The third-order valence-corrected chi connectivity index (χ3v) is 3.78. The van der Waals surface area contributed by atoms with Crippen LogP contribution in [-0.2, 0) is 22.7 Å². The van der Waals surface area contributed by atoms with Crippen LogP contribution >= 0.6 is 0 Å². The lowest BCUT2D eigenvalue weighted by atomic mass is 10.1. The van der Waals surface area contributed by atoms with Crippen molar-refractivity contribution < 1.29 is 9.47 Å². The van der Waals surface area contributed by atoms with E-state index < -0.39 is 0 Å². The van der Waals surface area contributed by atoms with Gasteiger partial charge in [0.05, 0.1) is 19.8 Å². The second kappa shape index (κ2) is 9.02. The van der Waals surface area contributed by atoms with Gasteiger partial charge in [0.1, 0.15) is 6.10 Å². The van der Waals surface area contributed by atoms with Crippen molar-refractivity contribution in [1.29, 1.82) is 0 Å². The van der Waals surface area contributed by atoms with E-state index in [1.807, 2.05) is 54.6 Å². The molecule has 0 aliphatic heterocycles. The standard InChI is InChI=1S/C22H21O2/c1-4-10-19(11-5-1)16-23-18-22(21-14-8-3-9-15-21)24-17-20-12-6-2-7-13-20/h1-8,10-15,22H,16-18H2. The van der Waals surface area contributed by atoms with E-state index in [1.165, 1.54) is 5.56 Å². The second-order valence-corrected chi connectivity index (χ2v) is 5.62. The van der Waals surface area contributed by atoms with Crippen LogP contribution in [0.2, 0.25) is 0 Å². The van der Waals surface area contributed by atoms with Crippen molar-refractivity contribution in [2.75, 3.05) is 6.61 Å². The van der Waals surface area contributed by atoms with Crippen LogP contribution in [-0.4, -0.2) is 6.61 Å². The van der Waals surface area contributed by atoms with Crippen LogP contribution in [0.5, 0.6) is 0 Å². The molecule has 0 saturated heterocycles. The Morgan fingerprint density at radius 3 is 2.04 bits per heavy atom. The van der Waals surface area contributed by atoms with Gasteiger partial charge in [-0.05, 0) is 28.8 Å². The third kappa shape index (κ3) is 5.05. The molecular weight excluding hydrogens is 296 g/mol. The van der Waals surface area contributed by atoms with Gasteiger partial charge in [-0.1, -0.05) is 78.9 Å². The highest BCUT2D eigenvalue weighted by atomic mass is 16.5. The van der Waals surface area contributed by atoms with Crippen molar-refractivity contribution in [2.45, 2.75) is 19.3 Å². The van der Waals surface area contributed by atoms with E-state index in [0.717, 1.165) is 11.1 Å². The molecule has 0 amide bonds. The van der Waals surface area contributed by atoms with Crippen molar-refractivity contribution in [3.05, 3.63) is 108 Å². The number of benzene rings is 3. The molecule has 0 fully saturated rings. The average Bonchev–Trinajstić information content (AvgIpc) is 2.67. The predicted molar refractivity (Wildman–Crippen MR) is 95.3 cm³/mol. The highest BCUT2D eigenvalue weighted by molar-refractivity contribution is 5.18. The lowest BCUT2D eigenvalue weighted by molar-refractivity contribution is -0.0313. The molecular formula is C22H21O2. The first kappa shape index (κ1) is 16.4. The molecule has 0 bridgehead atoms. The molecule has 0 heterocycles. The highest BCUT2D eigenvalue weighted by Gasteiger charge is 2.12. The molecule has 0 spiro atoms. The van der Waals surface area contributed by atoms with Crippen molar-refractivity contribution >= 4 is 0 Å². The van der Waals surface area contributed by atoms with Gasteiger partial charge in [-0.2, -0.15) is 0 Å². The van der Waals surface area contributed by atoms with E-state index in [-0.39, 0.29) is 6.10 Å². The van der Waals surface area contributed by atoms with Crippen molar-refractivity contribution in [2.24, 2.45) is 0 Å². The molecule has 3 aromatic carbocycles. The lowest BCUT2D eigenvalue weighted by Gasteiger charge is -2.19. The molecule has 24 heavy (non-hydrogen) atoms. The molecule has 1 radical (unpaired) electrons. The molecule has 2 heteroatoms. The predicted octanol–water partition coefficient (Wildman–Crippen LogP) is 4.96. The Bertz CT molecular complexity index is 696. The third-order valence-electron chi connectivity index (χ3n) is 3.78. The number of hydrogen-bond acceptors (Lipinski definition) is 2. The average molecular weight is 317 g/mol. The van der Waals surface area contributed by atoms with Gasteiger partial charge < -0.3 is 9.47 Å².